The Morgan fingerprint density at radius 2 is 2.25 bits per heavy atom. The first-order chi connectivity index (χ1) is 9.60. The number of likely N-dealkylation sites (N-methyl/N-ethyl adjacent to an activating group) is 1. The van der Waals surface area contributed by atoms with E-state index in [2.05, 4.69) is 27.3 Å². The van der Waals surface area contributed by atoms with Gasteiger partial charge in [0.2, 0.25) is 5.89 Å². The van der Waals surface area contributed by atoms with Gasteiger partial charge in [-0.2, -0.15) is 0 Å². The highest BCUT2D eigenvalue weighted by Crippen LogP contribution is 2.25. The quantitative estimate of drug-likeness (QED) is 0.686. The van der Waals surface area contributed by atoms with Gasteiger partial charge in [-0.25, -0.2) is 0 Å². The summed E-state index contributed by atoms with van der Waals surface area (Å²) in [6.45, 7) is 5.06. The van der Waals surface area contributed by atoms with Crippen LogP contribution in [0.5, 0.6) is 0 Å². The number of hydrogen-bond acceptors (Lipinski definition) is 7. The molecular formula is C13H25N5O2. The van der Waals surface area contributed by atoms with E-state index in [1.54, 1.807) is 0 Å². The van der Waals surface area contributed by atoms with Gasteiger partial charge >= 0.3 is 6.01 Å². The van der Waals surface area contributed by atoms with Crippen molar-refractivity contribution in [2.75, 3.05) is 38.6 Å². The summed E-state index contributed by atoms with van der Waals surface area (Å²) in [5.41, 5.74) is 0. The summed E-state index contributed by atoms with van der Waals surface area (Å²) >= 11 is 0. The monoisotopic (exact) mass is 283 g/mol. The zero-order valence-electron chi connectivity index (χ0n) is 12.5. The van der Waals surface area contributed by atoms with Crippen LogP contribution in [0.2, 0.25) is 0 Å². The molecule has 1 aromatic heterocycles. The van der Waals surface area contributed by atoms with E-state index in [0.29, 0.717) is 25.0 Å². The second-order valence-electron chi connectivity index (χ2n) is 5.61. The Morgan fingerprint density at radius 1 is 1.45 bits per heavy atom. The molecule has 0 amide bonds. The molecule has 0 aromatic carbocycles. The molecule has 7 nitrogen and oxygen atoms in total. The van der Waals surface area contributed by atoms with Gasteiger partial charge in [0.05, 0.1) is 12.6 Å². The molecule has 2 heterocycles. The van der Waals surface area contributed by atoms with Gasteiger partial charge in [-0.3, -0.25) is 0 Å². The molecule has 2 N–H and O–H groups in total. The molecule has 1 fully saturated rings. The van der Waals surface area contributed by atoms with Crippen molar-refractivity contribution < 1.29 is 9.52 Å². The number of nitrogens with one attached hydrogen (secondary N) is 1. The van der Waals surface area contributed by atoms with Crippen molar-refractivity contribution in [2.24, 2.45) is 0 Å². The van der Waals surface area contributed by atoms with Crippen LogP contribution in [-0.4, -0.2) is 66.1 Å². The standard InChI is InChI=1S/C13H25N5O2/c1-4-5-14-7-12-15-16-13(20-12)18-9-11(19)6-10(18)8-17(2)3/h10-11,14,19H,4-9H2,1-3H3. The summed E-state index contributed by atoms with van der Waals surface area (Å²) in [7, 11) is 4.05. The summed E-state index contributed by atoms with van der Waals surface area (Å²) in [6.07, 6.45) is 1.49. The minimum atomic E-state index is -0.325. The first kappa shape index (κ1) is 15.2. The van der Waals surface area contributed by atoms with E-state index in [9.17, 15) is 5.11 Å². The zero-order chi connectivity index (χ0) is 14.5. The summed E-state index contributed by atoms with van der Waals surface area (Å²) in [5, 5.41) is 21.3. The molecule has 1 saturated heterocycles. The van der Waals surface area contributed by atoms with Gasteiger partial charge < -0.3 is 24.6 Å². The molecule has 0 spiro atoms. The number of nitrogens with zero attached hydrogens (tertiary/aromatic N) is 4. The van der Waals surface area contributed by atoms with Crippen molar-refractivity contribution in [1.82, 2.24) is 20.4 Å². The van der Waals surface area contributed by atoms with Crippen molar-refractivity contribution in [1.29, 1.82) is 0 Å². The number of β-amino-alcohol motifs (C(OH)–C–C–N with tert-alkyl or cyclic N) is 1. The molecule has 0 bridgehead atoms. The smallest absolute Gasteiger partial charge is 0.318 e. The second kappa shape index (κ2) is 7.01. The molecule has 0 aliphatic carbocycles. The molecule has 2 atom stereocenters. The van der Waals surface area contributed by atoms with Crippen LogP contribution in [-0.2, 0) is 6.54 Å². The summed E-state index contributed by atoms with van der Waals surface area (Å²) < 4.78 is 5.69. The molecule has 114 valence electrons. The first-order valence-electron chi connectivity index (χ1n) is 7.22. The largest absolute Gasteiger partial charge is 0.407 e. The van der Waals surface area contributed by atoms with Crippen LogP contribution in [0.3, 0.4) is 0 Å². The van der Waals surface area contributed by atoms with Gasteiger partial charge in [-0.1, -0.05) is 12.0 Å². The summed E-state index contributed by atoms with van der Waals surface area (Å²) in [4.78, 5) is 4.12. The average molecular weight is 283 g/mol. The Balaban J connectivity index is 1.98. The van der Waals surface area contributed by atoms with E-state index in [1.807, 2.05) is 19.0 Å². The number of rotatable bonds is 7. The van der Waals surface area contributed by atoms with Crippen molar-refractivity contribution in [3.05, 3.63) is 5.89 Å². The molecule has 20 heavy (non-hydrogen) atoms. The lowest BCUT2D eigenvalue weighted by Gasteiger charge is -2.24. The Bertz CT molecular complexity index is 409. The predicted molar refractivity (Wildman–Crippen MR) is 76.6 cm³/mol. The third kappa shape index (κ3) is 3.91. The van der Waals surface area contributed by atoms with Crippen molar-refractivity contribution in [3.8, 4) is 0 Å². The van der Waals surface area contributed by atoms with Gasteiger partial charge in [0.25, 0.3) is 0 Å². The van der Waals surface area contributed by atoms with Gasteiger partial charge in [-0.05, 0) is 33.5 Å². The van der Waals surface area contributed by atoms with E-state index in [-0.39, 0.29) is 12.1 Å². The van der Waals surface area contributed by atoms with Crippen LogP contribution < -0.4 is 10.2 Å². The van der Waals surface area contributed by atoms with Crippen LogP contribution >= 0.6 is 0 Å². The van der Waals surface area contributed by atoms with E-state index in [4.69, 9.17) is 4.42 Å². The second-order valence-corrected chi connectivity index (χ2v) is 5.61. The summed E-state index contributed by atoms with van der Waals surface area (Å²) in [6, 6.07) is 0.735. The lowest BCUT2D eigenvalue weighted by Crippen LogP contribution is -2.37. The normalized spacial score (nSPS) is 22.9. The fourth-order valence-corrected chi connectivity index (χ4v) is 2.53. The minimum Gasteiger partial charge on any atom is -0.407 e. The highest BCUT2D eigenvalue weighted by Gasteiger charge is 2.34. The topological polar surface area (TPSA) is 77.7 Å². The summed E-state index contributed by atoms with van der Waals surface area (Å²) in [5.74, 6) is 0.596. The Hall–Kier alpha value is -1.18. The Kier molecular flexibility index (Phi) is 5.33. The van der Waals surface area contributed by atoms with E-state index >= 15 is 0 Å². The fraction of sp³-hybridized carbons (Fsp3) is 0.846. The molecule has 1 aromatic rings. The van der Waals surface area contributed by atoms with Crippen LogP contribution in [0.25, 0.3) is 0 Å². The van der Waals surface area contributed by atoms with Gasteiger partial charge in [-0.15, -0.1) is 5.10 Å². The number of hydrogen-bond donors (Lipinski definition) is 2. The van der Waals surface area contributed by atoms with Crippen molar-refractivity contribution >= 4 is 6.01 Å². The molecule has 2 rings (SSSR count). The number of anilines is 1. The van der Waals surface area contributed by atoms with Gasteiger partial charge in [0.1, 0.15) is 0 Å². The lowest BCUT2D eigenvalue weighted by molar-refractivity contribution is 0.191. The number of aliphatic hydroxyl groups is 1. The highest BCUT2D eigenvalue weighted by atomic mass is 16.4. The molecule has 2 unspecified atom stereocenters. The minimum absolute atomic E-state index is 0.219. The van der Waals surface area contributed by atoms with E-state index < -0.39 is 0 Å². The average Bonchev–Trinajstić information content (AvgIpc) is 2.96. The fourth-order valence-electron chi connectivity index (χ4n) is 2.53. The SMILES string of the molecule is CCCNCc1nnc(N2CC(O)CC2CN(C)C)o1. The number of aromatic nitrogens is 2. The third-order valence-corrected chi connectivity index (χ3v) is 3.37. The molecule has 1 aliphatic rings. The zero-order valence-corrected chi connectivity index (χ0v) is 12.5. The maximum Gasteiger partial charge on any atom is 0.318 e. The van der Waals surface area contributed by atoms with Crippen molar-refractivity contribution in [2.45, 2.75) is 38.5 Å². The van der Waals surface area contributed by atoms with Crippen LogP contribution in [0.4, 0.5) is 6.01 Å². The Morgan fingerprint density at radius 3 is 2.95 bits per heavy atom. The van der Waals surface area contributed by atoms with Crippen LogP contribution in [0, 0.1) is 0 Å². The van der Waals surface area contributed by atoms with Gasteiger partial charge in [0, 0.05) is 19.1 Å². The lowest BCUT2D eigenvalue weighted by atomic mass is 10.2. The molecular weight excluding hydrogens is 258 g/mol. The van der Waals surface area contributed by atoms with Crippen LogP contribution in [0.15, 0.2) is 4.42 Å². The van der Waals surface area contributed by atoms with E-state index in [1.165, 1.54) is 0 Å². The predicted octanol–water partition coefficient (Wildman–Crippen LogP) is 0.0704. The first-order valence-corrected chi connectivity index (χ1v) is 7.22. The molecule has 1 aliphatic heterocycles. The van der Waals surface area contributed by atoms with Crippen molar-refractivity contribution in [3.63, 3.8) is 0 Å². The third-order valence-electron chi connectivity index (χ3n) is 3.37. The number of aliphatic hydroxyl groups excluding tert-OH is 1. The maximum absolute atomic E-state index is 9.86. The maximum atomic E-state index is 9.86. The molecule has 0 saturated carbocycles. The highest BCUT2D eigenvalue weighted by molar-refractivity contribution is 5.30. The van der Waals surface area contributed by atoms with Crippen LogP contribution in [0.1, 0.15) is 25.7 Å². The van der Waals surface area contributed by atoms with Gasteiger partial charge in [0.15, 0.2) is 0 Å². The molecule has 7 heteroatoms. The molecule has 0 radical (unpaired) electrons. The Labute approximate surface area is 120 Å². The van der Waals surface area contributed by atoms with E-state index in [0.717, 1.165) is 25.9 Å².